The Morgan fingerprint density at radius 3 is 2.80 bits per heavy atom. The van der Waals surface area contributed by atoms with Crippen LogP contribution in [-0.2, 0) is 4.74 Å². The average molecular weight is 277 g/mol. The smallest absolute Gasteiger partial charge is 0.292 e. The number of nitro groups is 1. The minimum atomic E-state index is -0.469. The number of nitro benzene ring substituents is 1. The second-order valence-electron chi connectivity index (χ2n) is 4.82. The molecule has 0 aromatic heterocycles. The Morgan fingerprint density at radius 2 is 2.20 bits per heavy atom. The Labute approximate surface area is 118 Å². The summed E-state index contributed by atoms with van der Waals surface area (Å²) in [5.41, 5.74) is 0.700. The molecular formula is C14H19N3O3. The zero-order valence-corrected chi connectivity index (χ0v) is 11.8. The normalized spacial score (nSPS) is 10.3. The van der Waals surface area contributed by atoms with Crippen molar-refractivity contribution in [3.63, 3.8) is 0 Å². The summed E-state index contributed by atoms with van der Waals surface area (Å²) in [5.74, 6) is 0.594. The number of hydrogen-bond acceptors (Lipinski definition) is 5. The molecule has 1 aromatic rings. The molecule has 0 saturated carbocycles. The van der Waals surface area contributed by atoms with Gasteiger partial charge in [-0.3, -0.25) is 10.1 Å². The molecule has 108 valence electrons. The fraction of sp³-hybridized carbons (Fsp3) is 0.500. The molecule has 1 N–H and O–H groups in total. The highest BCUT2D eigenvalue weighted by molar-refractivity contribution is 5.64. The molecule has 0 spiro atoms. The van der Waals surface area contributed by atoms with Gasteiger partial charge < -0.3 is 10.1 Å². The van der Waals surface area contributed by atoms with Crippen molar-refractivity contribution in [1.82, 2.24) is 0 Å². The number of nitrogens with one attached hydrogen (secondary N) is 1. The molecule has 0 aliphatic rings. The predicted molar refractivity (Wildman–Crippen MR) is 76.6 cm³/mol. The Balaban J connectivity index is 2.50. The van der Waals surface area contributed by atoms with Crippen LogP contribution in [0.3, 0.4) is 0 Å². The van der Waals surface area contributed by atoms with Gasteiger partial charge in [0.1, 0.15) is 5.69 Å². The Kier molecular flexibility index (Phi) is 6.47. The third-order valence-corrected chi connectivity index (χ3v) is 2.72. The van der Waals surface area contributed by atoms with E-state index < -0.39 is 4.92 Å². The Bertz CT molecular complexity index is 495. The van der Waals surface area contributed by atoms with E-state index in [4.69, 9.17) is 10.00 Å². The molecule has 0 saturated heterocycles. The van der Waals surface area contributed by atoms with Gasteiger partial charge in [-0.2, -0.15) is 5.26 Å². The summed E-state index contributed by atoms with van der Waals surface area (Å²) in [6, 6.07) is 6.21. The van der Waals surface area contributed by atoms with Crippen LogP contribution >= 0.6 is 0 Å². The topological polar surface area (TPSA) is 88.2 Å². The van der Waals surface area contributed by atoms with Crippen molar-refractivity contribution in [3.05, 3.63) is 33.9 Å². The number of benzene rings is 1. The summed E-state index contributed by atoms with van der Waals surface area (Å²) in [6.07, 6.45) is 0.990. The zero-order chi connectivity index (χ0) is 15.0. The van der Waals surface area contributed by atoms with E-state index in [0.717, 1.165) is 6.42 Å². The monoisotopic (exact) mass is 277 g/mol. The molecule has 0 aliphatic carbocycles. The van der Waals surface area contributed by atoms with Crippen LogP contribution in [0.2, 0.25) is 0 Å². The van der Waals surface area contributed by atoms with Crippen LogP contribution in [-0.4, -0.2) is 24.7 Å². The molecule has 6 nitrogen and oxygen atoms in total. The van der Waals surface area contributed by atoms with Gasteiger partial charge in [0, 0.05) is 19.2 Å². The third kappa shape index (κ3) is 5.24. The van der Waals surface area contributed by atoms with E-state index in [1.165, 1.54) is 18.2 Å². The molecular weight excluding hydrogens is 258 g/mol. The second kappa shape index (κ2) is 8.12. The van der Waals surface area contributed by atoms with Gasteiger partial charge in [-0.05, 0) is 24.5 Å². The lowest BCUT2D eigenvalue weighted by Crippen LogP contribution is -2.12. The number of nitriles is 1. The first-order valence-corrected chi connectivity index (χ1v) is 6.54. The molecule has 1 rings (SSSR count). The van der Waals surface area contributed by atoms with Gasteiger partial charge in [0.15, 0.2) is 0 Å². The fourth-order valence-corrected chi connectivity index (χ4v) is 1.59. The molecule has 6 heteroatoms. The third-order valence-electron chi connectivity index (χ3n) is 2.72. The zero-order valence-electron chi connectivity index (χ0n) is 11.8. The maximum atomic E-state index is 10.9. The number of rotatable bonds is 8. The number of nitrogens with zero attached hydrogens (tertiary/aromatic N) is 2. The molecule has 20 heavy (non-hydrogen) atoms. The molecule has 0 aliphatic heterocycles. The van der Waals surface area contributed by atoms with Crippen molar-refractivity contribution >= 4 is 11.4 Å². The first kappa shape index (κ1) is 15.9. The fourth-order valence-electron chi connectivity index (χ4n) is 1.59. The van der Waals surface area contributed by atoms with E-state index in [9.17, 15) is 10.1 Å². The summed E-state index contributed by atoms with van der Waals surface area (Å²) in [4.78, 5) is 10.4. The van der Waals surface area contributed by atoms with Crippen molar-refractivity contribution in [2.45, 2.75) is 20.3 Å². The summed E-state index contributed by atoms with van der Waals surface area (Å²) in [7, 11) is 0. The standard InChI is InChI=1S/C14H19N3O3/c1-11(2)5-7-20-8-6-16-13-9-12(10-15)3-4-14(13)17(18)19/h3-4,9,11,16H,5-8H2,1-2H3. The second-order valence-corrected chi connectivity index (χ2v) is 4.82. The van der Waals surface area contributed by atoms with Gasteiger partial charge in [0.05, 0.1) is 23.2 Å². The quantitative estimate of drug-likeness (QED) is 0.448. The van der Waals surface area contributed by atoms with Crippen molar-refractivity contribution in [2.75, 3.05) is 25.1 Å². The molecule has 0 heterocycles. The van der Waals surface area contributed by atoms with Crippen LogP contribution in [0.1, 0.15) is 25.8 Å². The summed E-state index contributed by atoms with van der Waals surface area (Å²) < 4.78 is 5.43. The Hall–Kier alpha value is -2.13. The van der Waals surface area contributed by atoms with Crippen LogP contribution in [0.15, 0.2) is 18.2 Å². The van der Waals surface area contributed by atoms with Crippen molar-refractivity contribution in [2.24, 2.45) is 5.92 Å². The minimum absolute atomic E-state index is 0.0359. The van der Waals surface area contributed by atoms with Crippen LogP contribution in [0.4, 0.5) is 11.4 Å². The van der Waals surface area contributed by atoms with E-state index in [-0.39, 0.29) is 5.69 Å². The Morgan fingerprint density at radius 1 is 1.45 bits per heavy atom. The maximum Gasteiger partial charge on any atom is 0.292 e. The van der Waals surface area contributed by atoms with E-state index in [1.54, 1.807) is 0 Å². The van der Waals surface area contributed by atoms with E-state index >= 15 is 0 Å². The summed E-state index contributed by atoms with van der Waals surface area (Å²) in [5, 5.41) is 22.6. The predicted octanol–water partition coefficient (Wildman–Crippen LogP) is 2.94. The van der Waals surface area contributed by atoms with Gasteiger partial charge >= 0.3 is 0 Å². The van der Waals surface area contributed by atoms with E-state index in [1.807, 2.05) is 6.07 Å². The maximum absolute atomic E-state index is 10.9. The van der Waals surface area contributed by atoms with Crippen molar-refractivity contribution in [3.8, 4) is 6.07 Å². The van der Waals surface area contributed by atoms with Gasteiger partial charge in [0.25, 0.3) is 5.69 Å². The summed E-state index contributed by atoms with van der Waals surface area (Å²) in [6.45, 7) is 5.87. The number of hydrogen-bond donors (Lipinski definition) is 1. The largest absolute Gasteiger partial charge is 0.380 e. The summed E-state index contributed by atoms with van der Waals surface area (Å²) >= 11 is 0. The van der Waals surface area contributed by atoms with Crippen LogP contribution < -0.4 is 5.32 Å². The highest BCUT2D eigenvalue weighted by Crippen LogP contribution is 2.24. The van der Waals surface area contributed by atoms with Gasteiger partial charge in [-0.1, -0.05) is 13.8 Å². The van der Waals surface area contributed by atoms with Crippen LogP contribution in [0.25, 0.3) is 0 Å². The van der Waals surface area contributed by atoms with Crippen molar-refractivity contribution < 1.29 is 9.66 Å². The number of ether oxygens (including phenoxy) is 1. The molecule has 0 radical (unpaired) electrons. The molecule has 0 unspecified atom stereocenters. The molecule has 0 amide bonds. The molecule has 0 bridgehead atoms. The number of anilines is 1. The molecule has 0 atom stereocenters. The van der Waals surface area contributed by atoms with Crippen LogP contribution in [0.5, 0.6) is 0 Å². The highest BCUT2D eigenvalue weighted by atomic mass is 16.6. The minimum Gasteiger partial charge on any atom is -0.380 e. The van der Waals surface area contributed by atoms with Crippen molar-refractivity contribution in [1.29, 1.82) is 5.26 Å². The highest BCUT2D eigenvalue weighted by Gasteiger charge is 2.13. The lowest BCUT2D eigenvalue weighted by molar-refractivity contribution is -0.384. The first-order chi connectivity index (χ1) is 9.54. The van der Waals surface area contributed by atoms with E-state index in [2.05, 4.69) is 19.2 Å². The average Bonchev–Trinajstić information content (AvgIpc) is 2.41. The molecule has 1 aromatic carbocycles. The van der Waals surface area contributed by atoms with Gasteiger partial charge in [-0.15, -0.1) is 0 Å². The van der Waals surface area contributed by atoms with Gasteiger partial charge in [-0.25, -0.2) is 0 Å². The first-order valence-electron chi connectivity index (χ1n) is 6.54. The van der Waals surface area contributed by atoms with E-state index in [0.29, 0.717) is 36.9 Å². The van der Waals surface area contributed by atoms with Crippen LogP contribution in [0, 0.1) is 27.4 Å². The lowest BCUT2D eigenvalue weighted by Gasteiger charge is -2.09. The SMILES string of the molecule is CC(C)CCOCCNc1cc(C#N)ccc1[N+](=O)[O-]. The molecule has 0 fully saturated rings. The lowest BCUT2D eigenvalue weighted by atomic mass is 10.1. The van der Waals surface area contributed by atoms with Gasteiger partial charge in [0.2, 0.25) is 0 Å².